The lowest BCUT2D eigenvalue weighted by Gasteiger charge is -2.36. The summed E-state index contributed by atoms with van der Waals surface area (Å²) in [4.78, 5) is 27.2. The number of benzene rings is 1. The molecule has 1 aromatic carbocycles. The van der Waals surface area contributed by atoms with Crippen LogP contribution in [0.5, 0.6) is 0 Å². The number of amides is 1. The maximum absolute atomic E-state index is 14.7. The Bertz CT molecular complexity index is 1470. The van der Waals surface area contributed by atoms with Crippen molar-refractivity contribution in [1.82, 2.24) is 34.7 Å². The maximum Gasteiger partial charge on any atom is 0.254 e. The Morgan fingerprint density at radius 2 is 1.90 bits per heavy atom. The number of nitrogen functional groups attached to an aromatic ring is 1. The number of likely N-dealkylation sites (N-methyl/N-ethyl adjacent to an activating group) is 1. The minimum Gasteiger partial charge on any atom is -0.463 e. The van der Waals surface area contributed by atoms with Gasteiger partial charge in [0, 0.05) is 64.5 Å². The number of nitrogens with one attached hydrogen (secondary N) is 2. The second kappa shape index (κ2) is 11.8. The number of anilines is 3. The molecule has 5 rings (SSSR count). The van der Waals surface area contributed by atoms with Gasteiger partial charge in [-0.1, -0.05) is 0 Å². The highest BCUT2D eigenvalue weighted by atomic mass is 19.1. The summed E-state index contributed by atoms with van der Waals surface area (Å²) in [7, 11) is 3.75. The van der Waals surface area contributed by atoms with Gasteiger partial charge in [0.05, 0.1) is 17.5 Å². The second-order valence-corrected chi connectivity index (χ2v) is 9.78. The van der Waals surface area contributed by atoms with E-state index in [1.165, 1.54) is 10.6 Å². The lowest BCUT2D eigenvalue weighted by molar-refractivity contribution is 0.0947. The molecule has 0 radical (unpaired) electrons. The number of hydrogen-bond acceptors (Lipinski definition) is 10. The van der Waals surface area contributed by atoms with Crippen LogP contribution in [-0.4, -0.2) is 102 Å². The minimum absolute atomic E-state index is 0.160. The molecule has 1 saturated heterocycles. The molecule has 0 aliphatic carbocycles. The number of nitrogens with zero attached hydrogens (tertiary/aromatic N) is 7. The van der Waals surface area contributed by atoms with Crippen LogP contribution in [0.1, 0.15) is 10.4 Å². The molecule has 1 aliphatic rings. The van der Waals surface area contributed by atoms with Crippen molar-refractivity contribution in [2.45, 2.75) is 0 Å². The fourth-order valence-electron chi connectivity index (χ4n) is 4.51. The van der Waals surface area contributed by atoms with Gasteiger partial charge in [0.15, 0.2) is 11.4 Å². The zero-order valence-electron chi connectivity index (χ0n) is 22.4. The van der Waals surface area contributed by atoms with Crippen LogP contribution in [0.15, 0.2) is 41.0 Å². The average Bonchev–Trinajstić information content (AvgIpc) is 3.60. The Kier molecular flexibility index (Phi) is 8.07. The van der Waals surface area contributed by atoms with E-state index in [1.807, 2.05) is 23.9 Å². The number of nitrogens with two attached hydrogens (primary N) is 1. The van der Waals surface area contributed by atoms with Crippen LogP contribution in [0.2, 0.25) is 0 Å². The minimum atomic E-state index is -0.873. The van der Waals surface area contributed by atoms with Crippen LogP contribution in [-0.2, 0) is 0 Å². The molecule has 4 aromatic rings. The average molecular weight is 555 g/mol. The molecular weight excluding hydrogens is 522 g/mol. The highest BCUT2D eigenvalue weighted by Gasteiger charge is 2.23. The molecule has 14 heteroatoms. The number of piperazine rings is 1. The van der Waals surface area contributed by atoms with Crippen molar-refractivity contribution in [3.63, 3.8) is 0 Å². The van der Waals surface area contributed by atoms with E-state index in [1.54, 1.807) is 24.5 Å². The second-order valence-electron chi connectivity index (χ2n) is 9.78. The Morgan fingerprint density at radius 1 is 1.10 bits per heavy atom. The van der Waals surface area contributed by atoms with Crippen LogP contribution in [0, 0.1) is 11.6 Å². The molecule has 0 atom stereocenters. The van der Waals surface area contributed by atoms with E-state index in [0.29, 0.717) is 75.4 Å². The molecular formula is C26H32F2N10O2. The van der Waals surface area contributed by atoms with Crippen LogP contribution in [0.3, 0.4) is 0 Å². The molecule has 1 amide bonds. The summed E-state index contributed by atoms with van der Waals surface area (Å²) in [5.74, 6) is -0.913. The molecule has 0 bridgehead atoms. The smallest absolute Gasteiger partial charge is 0.254 e. The third kappa shape index (κ3) is 6.13. The topological polar surface area (TPSA) is 133 Å². The SMILES string of the molecule is CN(C)CCNC(=O)c1cc(N2CCN(CCNc3nc(N)n4nc(-c5ccco5)cc4n3)CC2)c(F)cc1F. The van der Waals surface area contributed by atoms with Crippen molar-refractivity contribution in [1.29, 1.82) is 0 Å². The third-order valence-electron chi connectivity index (χ3n) is 6.67. The van der Waals surface area contributed by atoms with Gasteiger partial charge in [0.2, 0.25) is 11.9 Å². The molecule has 0 spiro atoms. The highest BCUT2D eigenvalue weighted by Crippen LogP contribution is 2.25. The van der Waals surface area contributed by atoms with E-state index in [2.05, 4.69) is 30.6 Å². The number of carbonyl (C=O) groups is 1. The summed E-state index contributed by atoms with van der Waals surface area (Å²) < 4.78 is 35.9. The van der Waals surface area contributed by atoms with E-state index in [4.69, 9.17) is 10.2 Å². The van der Waals surface area contributed by atoms with Gasteiger partial charge in [-0.2, -0.15) is 19.6 Å². The van der Waals surface area contributed by atoms with E-state index in [0.717, 1.165) is 6.07 Å². The normalized spacial score (nSPS) is 14.3. The summed E-state index contributed by atoms with van der Waals surface area (Å²) in [6.45, 7) is 4.64. The van der Waals surface area contributed by atoms with Crippen molar-refractivity contribution in [2.75, 3.05) is 82.4 Å². The van der Waals surface area contributed by atoms with Gasteiger partial charge in [0.25, 0.3) is 5.91 Å². The Hall–Kier alpha value is -4.30. The fraction of sp³-hybridized carbons (Fsp3) is 0.385. The van der Waals surface area contributed by atoms with Gasteiger partial charge in [0.1, 0.15) is 17.3 Å². The highest BCUT2D eigenvalue weighted by molar-refractivity contribution is 5.95. The maximum atomic E-state index is 14.7. The standard InChI is InChI=1S/C26H32F2N10O2/c1-35(2)7-5-30-24(39)17-14-21(19(28)15-18(17)27)37-11-9-36(10-12-37)8-6-31-26-32-23-16-20(22-4-3-13-40-22)34-38(23)25(29)33-26/h3-4,13-16H,5-12H2,1-2H3,(H,30,39)(H3,29,31,32,33). The van der Waals surface area contributed by atoms with Gasteiger partial charge < -0.3 is 30.6 Å². The summed E-state index contributed by atoms with van der Waals surface area (Å²) in [6.07, 6.45) is 1.57. The first-order valence-corrected chi connectivity index (χ1v) is 13.0. The number of furan rings is 1. The lowest BCUT2D eigenvalue weighted by atomic mass is 10.1. The van der Waals surface area contributed by atoms with Crippen molar-refractivity contribution in [3.8, 4) is 11.5 Å². The zero-order chi connectivity index (χ0) is 28.2. The van der Waals surface area contributed by atoms with Crippen molar-refractivity contribution >= 4 is 29.1 Å². The molecule has 4 N–H and O–H groups in total. The van der Waals surface area contributed by atoms with Crippen molar-refractivity contribution < 1.29 is 18.0 Å². The first-order chi connectivity index (χ1) is 19.3. The van der Waals surface area contributed by atoms with Crippen molar-refractivity contribution in [2.24, 2.45) is 0 Å². The molecule has 40 heavy (non-hydrogen) atoms. The molecule has 1 fully saturated rings. The molecule has 3 aromatic heterocycles. The van der Waals surface area contributed by atoms with Gasteiger partial charge in [-0.15, -0.1) is 0 Å². The van der Waals surface area contributed by atoms with Gasteiger partial charge >= 0.3 is 0 Å². The first kappa shape index (κ1) is 27.3. The Labute approximate surface area is 229 Å². The number of carbonyl (C=O) groups excluding carboxylic acids is 1. The summed E-state index contributed by atoms with van der Waals surface area (Å²) in [5.41, 5.74) is 7.29. The van der Waals surface area contributed by atoms with E-state index >= 15 is 0 Å². The van der Waals surface area contributed by atoms with Crippen LogP contribution in [0.25, 0.3) is 17.1 Å². The van der Waals surface area contributed by atoms with Crippen LogP contribution in [0.4, 0.5) is 26.4 Å². The summed E-state index contributed by atoms with van der Waals surface area (Å²) in [5, 5.41) is 10.3. The number of aromatic nitrogens is 4. The molecule has 12 nitrogen and oxygen atoms in total. The van der Waals surface area contributed by atoms with E-state index < -0.39 is 17.5 Å². The van der Waals surface area contributed by atoms with Gasteiger partial charge in [-0.25, -0.2) is 8.78 Å². The van der Waals surface area contributed by atoms with Gasteiger partial charge in [-0.05, 0) is 32.3 Å². The summed E-state index contributed by atoms with van der Waals surface area (Å²) >= 11 is 0. The monoisotopic (exact) mass is 554 g/mol. The number of rotatable bonds is 10. The predicted octanol–water partition coefficient (Wildman–Crippen LogP) is 1.77. The van der Waals surface area contributed by atoms with Crippen LogP contribution >= 0.6 is 0 Å². The predicted molar refractivity (Wildman–Crippen MR) is 147 cm³/mol. The quantitative estimate of drug-likeness (QED) is 0.266. The fourth-order valence-corrected chi connectivity index (χ4v) is 4.51. The molecule has 212 valence electrons. The zero-order valence-corrected chi connectivity index (χ0v) is 22.4. The summed E-state index contributed by atoms with van der Waals surface area (Å²) in [6, 6.07) is 7.44. The molecule has 0 unspecified atom stereocenters. The van der Waals surface area contributed by atoms with E-state index in [9.17, 15) is 13.6 Å². The van der Waals surface area contributed by atoms with E-state index in [-0.39, 0.29) is 17.2 Å². The largest absolute Gasteiger partial charge is 0.463 e. The van der Waals surface area contributed by atoms with Crippen molar-refractivity contribution in [3.05, 3.63) is 53.8 Å². The lowest BCUT2D eigenvalue weighted by Crippen LogP contribution is -2.48. The molecule has 4 heterocycles. The first-order valence-electron chi connectivity index (χ1n) is 13.0. The van der Waals surface area contributed by atoms with Gasteiger partial charge in [-0.3, -0.25) is 9.69 Å². The number of halogens is 2. The number of hydrogen-bond donors (Lipinski definition) is 3. The molecule has 0 saturated carbocycles. The third-order valence-corrected chi connectivity index (χ3v) is 6.67. The Morgan fingerprint density at radius 3 is 2.62 bits per heavy atom. The Balaban J connectivity index is 1.14. The molecule has 1 aliphatic heterocycles. The number of fused-ring (bicyclic) bond motifs is 1. The van der Waals surface area contributed by atoms with Crippen LogP contribution < -0.4 is 21.3 Å².